The van der Waals surface area contributed by atoms with E-state index in [9.17, 15) is 0 Å². The molecule has 0 aliphatic carbocycles. The lowest BCUT2D eigenvalue weighted by Gasteiger charge is -2.17. The molecule has 0 N–H and O–H groups in total. The van der Waals surface area contributed by atoms with Gasteiger partial charge in [-0.05, 0) is 30.2 Å². The number of benzene rings is 2. The molecule has 29 heavy (non-hydrogen) atoms. The summed E-state index contributed by atoms with van der Waals surface area (Å²) in [6, 6.07) is 17.3. The van der Waals surface area contributed by atoms with Crippen LogP contribution >= 0.6 is 69.6 Å². The van der Waals surface area contributed by atoms with Gasteiger partial charge in [-0.2, -0.15) is 0 Å². The largest absolute Gasteiger partial charge is 0.246 e. The maximum absolute atomic E-state index is 6.18. The van der Waals surface area contributed by atoms with Crippen LogP contribution < -0.4 is 0 Å². The Balaban J connectivity index is 2.12. The third-order valence-corrected chi connectivity index (χ3v) is 5.74. The first-order valence-corrected chi connectivity index (χ1v) is 10.8. The Hall–Kier alpha value is -1.00. The molecular formula is C21H12Cl6N2. The molecule has 2 nitrogen and oxygen atoms in total. The number of nitrogens with zero attached hydrogens (tertiary/aromatic N) is 2. The van der Waals surface area contributed by atoms with Gasteiger partial charge in [0.1, 0.15) is 0 Å². The molecule has 0 radical (unpaired) electrons. The molecule has 2 aromatic carbocycles. The fourth-order valence-electron chi connectivity index (χ4n) is 3.15. The minimum Gasteiger partial charge on any atom is -0.246 e. The fourth-order valence-corrected chi connectivity index (χ4v) is 3.75. The van der Waals surface area contributed by atoms with Crippen molar-refractivity contribution in [2.45, 2.75) is 14.5 Å². The number of alkyl halides is 6. The SMILES string of the molecule is Cc1ccc(-c2cc(C(Cl)(Cl)Cl)nc3c2ccc2ccc(C(Cl)(Cl)Cl)nc23)cc1. The Kier molecular flexibility index (Phi) is 5.57. The van der Waals surface area contributed by atoms with Crippen LogP contribution in [0, 0.1) is 6.92 Å². The molecule has 0 saturated carbocycles. The van der Waals surface area contributed by atoms with Crippen molar-refractivity contribution in [2.24, 2.45) is 0 Å². The smallest absolute Gasteiger partial charge is 0.232 e. The number of fused-ring (bicyclic) bond motifs is 3. The van der Waals surface area contributed by atoms with E-state index in [4.69, 9.17) is 69.6 Å². The molecule has 0 bridgehead atoms. The normalized spacial score (nSPS) is 12.7. The minimum absolute atomic E-state index is 0.291. The van der Waals surface area contributed by atoms with Gasteiger partial charge in [0, 0.05) is 10.8 Å². The molecule has 0 fully saturated rings. The summed E-state index contributed by atoms with van der Waals surface area (Å²) in [5.41, 5.74) is 4.70. The van der Waals surface area contributed by atoms with Crippen molar-refractivity contribution in [3.05, 3.63) is 71.5 Å². The topological polar surface area (TPSA) is 25.8 Å². The van der Waals surface area contributed by atoms with Gasteiger partial charge in [-0.1, -0.05) is 118 Å². The molecule has 148 valence electrons. The summed E-state index contributed by atoms with van der Waals surface area (Å²) >= 11 is 36.7. The standard InChI is InChI=1S/C21H12Cl6N2/c1-11-2-4-12(5-3-11)15-10-17(21(25,26)27)29-19-14(15)8-6-13-7-9-16(20(22,23)24)28-18(13)19/h2-10H,1H3. The number of rotatable bonds is 1. The molecule has 2 heterocycles. The first-order chi connectivity index (χ1) is 13.5. The Morgan fingerprint density at radius 3 is 1.86 bits per heavy atom. The van der Waals surface area contributed by atoms with Gasteiger partial charge >= 0.3 is 0 Å². The average Bonchev–Trinajstić information content (AvgIpc) is 2.65. The van der Waals surface area contributed by atoms with Crippen molar-refractivity contribution >= 4 is 91.4 Å². The molecule has 0 aliphatic heterocycles. The van der Waals surface area contributed by atoms with Crippen molar-refractivity contribution in [3.63, 3.8) is 0 Å². The van der Waals surface area contributed by atoms with E-state index in [1.165, 1.54) is 0 Å². The van der Waals surface area contributed by atoms with E-state index in [0.29, 0.717) is 22.4 Å². The second-order valence-corrected chi connectivity index (χ2v) is 11.2. The predicted octanol–water partition coefficient (Wildman–Crippen LogP) is 8.41. The fraction of sp³-hybridized carbons (Fsp3) is 0.143. The van der Waals surface area contributed by atoms with Crippen LogP contribution in [-0.2, 0) is 7.59 Å². The van der Waals surface area contributed by atoms with E-state index in [1.54, 1.807) is 12.1 Å². The maximum atomic E-state index is 6.18. The second kappa shape index (κ2) is 7.60. The summed E-state index contributed by atoms with van der Waals surface area (Å²) in [5.74, 6) is 0. The summed E-state index contributed by atoms with van der Waals surface area (Å²) in [6.07, 6.45) is 0. The number of hydrogen-bond acceptors (Lipinski definition) is 2. The van der Waals surface area contributed by atoms with Gasteiger partial charge in [0.2, 0.25) is 7.59 Å². The number of hydrogen-bond donors (Lipinski definition) is 0. The Morgan fingerprint density at radius 2 is 1.24 bits per heavy atom. The molecule has 4 rings (SSSR count). The number of pyridine rings is 2. The van der Waals surface area contributed by atoms with E-state index in [0.717, 1.165) is 27.5 Å². The molecule has 0 saturated heterocycles. The first kappa shape index (κ1) is 21.2. The summed E-state index contributed by atoms with van der Waals surface area (Å²) in [4.78, 5) is 9.17. The molecule has 0 aliphatic rings. The zero-order valence-electron chi connectivity index (χ0n) is 14.9. The van der Waals surface area contributed by atoms with Crippen molar-refractivity contribution in [1.82, 2.24) is 9.97 Å². The zero-order chi connectivity index (χ0) is 21.0. The van der Waals surface area contributed by atoms with E-state index >= 15 is 0 Å². The van der Waals surface area contributed by atoms with Crippen molar-refractivity contribution in [2.75, 3.05) is 0 Å². The van der Waals surface area contributed by atoms with Crippen LogP contribution in [0.4, 0.5) is 0 Å². The van der Waals surface area contributed by atoms with E-state index < -0.39 is 7.59 Å². The highest BCUT2D eigenvalue weighted by atomic mass is 35.6. The number of aromatic nitrogens is 2. The molecule has 0 spiro atoms. The van der Waals surface area contributed by atoms with E-state index in [1.807, 2.05) is 49.4 Å². The lowest BCUT2D eigenvalue weighted by Crippen LogP contribution is -2.06. The lowest BCUT2D eigenvalue weighted by atomic mass is 9.98. The van der Waals surface area contributed by atoms with Crippen molar-refractivity contribution in [3.8, 4) is 11.1 Å². The second-order valence-electron chi connectivity index (χ2n) is 6.65. The van der Waals surface area contributed by atoms with E-state index in [2.05, 4.69) is 9.97 Å². The zero-order valence-corrected chi connectivity index (χ0v) is 19.4. The van der Waals surface area contributed by atoms with Crippen LogP contribution in [0.25, 0.3) is 32.9 Å². The van der Waals surface area contributed by atoms with Gasteiger partial charge < -0.3 is 0 Å². The van der Waals surface area contributed by atoms with Crippen LogP contribution in [-0.4, -0.2) is 9.97 Å². The first-order valence-electron chi connectivity index (χ1n) is 8.50. The van der Waals surface area contributed by atoms with Crippen LogP contribution in [0.15, 0.2) is 54.6 Å². The highest BCUT2D eigenvalue weighted by Crippen LogP contribution is 2.42. The van der Waals surface area contributed by atoms with Gasteiger partial charge in [-0.3, -0.25) is 0 Å². The molecule has 8 heteroatoms. The molecule has 4 aromatic rings. The van der Waals surface area contributed by atoms with Gasteiger partial charge in [-0.25, -0.2) is 9.97 Å². The van der Waals surface area contributed by atoms with Crippen molar-refractivity contribution < 1.29 is 0 Å². The monoisotopic (exact) mass is 502 g/mol. The molecule has 0 amide bonds. The Morgan fingerprint density at radius 1 is 0.655 bits per heavy atom. The van der Waals surface area contributed by atoms with Crippen LogP contribution in [0.3, 0.4) is 0 Å². The van der Waals surface area contributed by atoms with Gasteiger partial charge in [0.05, 0.1) is 22.4 Å². The number of halogens is 6. The maximum Gasteiger partial charge on any atom is 0.232 e. The molecule has 0 atom stereocenters. The van der Waals surface area contributed by atoms with Gasteiger partial charge in [0.25, 0.3) is 0 Å². The van der Waals surface area contributed by atoms with Crippen LogP contribution in [0.1, 0.15) is 17.0 Å². The highest BCUT2D eigenvalue weighted by molar-refractivity contribution is 6.67. The summed E-state index contributed by atoms with van der Waals surface area (Å²) in [6.45, 7) is 2.02. The molecule has 0 unspecified atom stereocenters. The summed E-state index contributed by atoms with van der Waals surface area (Å²) in [7, 11) is 0. The third-order valence-electron chi connectivity index (χ3n) is 4.58. The van der Waals surface area contributed by atoms with Gasteiger partial charge in [-0.15, -0.1) is 0 Å². The number of aryl methyl sites for hydroxylation is 1. The van der Waals surface area contributed by atoms with Crippen LogP contribution in [0.5, 0.6) is 0 Å². The average molecular weight is 505 g/mol. The molecule has 2 aromatic heterocycles. The third kappa shape index (κ3) is 4.25. The van der Waals surface area contributed by atoms with Crippen LogP contribution in [0.2, 0.25) is 0 Å². The lowest BCUT2D eigenvalue weighted by molar-refractivity contribution is 1.10. The van der Waals surface area contributed by atoms with Gasteiger partial charge in [0.15, 0.2) is 0 Å². The van der Waals surface area contributed by atoms with E-state index in [-0.39, 0.29) is 0 Å². The highest BCUT2D eigenvalue weighted by Gasteiger charge is 2.28. The minimum atomic E-state index is -1.71. The Labute approximate surface area is 197 Å². The summed E-state index contributed by atoms with van der Waals surface area (Å²) < 4.78 is -3.37. The molecular weight excluding hydrogens is 493 g/mol. The summed E-state index contributed by atoms with van der Waals surface area (Å²) in [5, 5.41) is 1.69. The quantitative estimate of drug-likeness (QED) is 0.192. The predicted molar refractivity (Wildman–Crippen MR) is 126 cm³/mol. The van der Waals surface area contributed by atoms with Crippen molar-refractivity contribution in [1.29, 1.82) is 0 Å². The Bertz CT molecular complexity index is 1220.